The first-order chi connectivity index (χ1) is 10.3. The van der Waals surface area contributed by atoms with Crippen molar-refractivity contribution in [3.05, 3.63) is 29.3 Å². The SMILES string of the molecule is CC(O)(CNS(=O)(=O)c1ccc(C(F)(F)F)cc1C#N)C(=O)O. The summed E-state index contributed by atoms with van der Waals surface area (Å²) in [5.74, 6) is -1.70. The number of carbonyl (C=O) groups is 1. The van der Waals surface area contributed by atoms with Crippen molar-refractivity contribution in [3.8, 4) is 6.07 Å². The summed E-state index contributed by atoms with van der Waals surface area (Å²) in [5.41, 5.74) is -4.39. The molecule has 1 rings (SSSR count). The van der Waals surface area contributed by atoms with Crippen LogP contribution in [0.2, 0.25) is 0 Å². The molecule has 0 radical (unpaired) electrons. The maximum absolute atomic E-state index is 12.6. The average Bonchev–Trinajstić information content (AvgIpc) is 2.43. The molecule has 0 saturated heterocycles. The Morgan fingerprint density at radius 2 is 1.96 bits per heavy atom. The molecule has 0 aromatic heterocycles. The topological polar surface area (TPSA) is 127 Å². The minimum Gasteiger partial charge on any atom is -0.479 e. The van der Waals surface area contributed by atoms with Gasteiger partial charge in [-0.15, -0.1) is 0 Å². The zero-order valence-electron chi connectivity index (χ0n) is 11.5. The molecule has 0 aliphatic carbocycles. The molecule has 11 heteroatoms. The first kappa shape index (κ1) is 18.9. The van der Waals surface area contributed by atoms with E-state index in [1.54, 1.807) is 4.72 Å². The van der Waals surface area contributed by atoms with Gasteiger partial charge in [0.2, 0.25) is 10.0 Å². The molecule has 0 spiro atoms. The zero-order chi connectivity index (χ0) is 18.1. The summed E-state index contributed by atoms with van der Waals surface area (Å²) in [5, 5.41) is 26.9. The lowest BCUT2D eigenvalue weighted by Crippen LogP contribution is -2.46. The van der Waals surface area contributed by atoms with Crippen molar-refractivity contribution in [2.45, 2.75) is 23.6 Å². The van der Waals surface area contributed by atoms with Crippen LogP contribution in [0.15, 0.2) is 23.1 Å². The van der Waals surface area contributed by atoms with Gasteiger partial charge in [0.05, 0.1) is 22.6 Å². The van der Waals surface area contributed by atoms with Crippen LogP contribution in [0.25, 0.3) is 0 Å². The fraction of sp³-hybridized carbons (Fsp3) is 0.333. The Labute approximate surface area is 129 Å². The number of nitrogens with zero attached hydrogens (tertiary/aromatic N) is 1. The van der Waals surface area contributed by atoms with Crippen LogP contribution < -0.4 is 4.72 Å². The van der Waals surface area contributed by atoms with Crippen molar-refractivity contribution in [3.63, 3.8) is 0 Å². The predicted octanol–water partition coefficient (Wildman–Crippen LogP) is 0.691. The lowest BCUT2D eigenvalue weighted by molar-refractivity contribution is -0.155. The summed E-state index contributed by atoms with van der Waals surface area (Å²) in [7, 11) is -4.50. The van der Waals surface area contributed by atoms with Gasteiger partial charge in [-0.05, 0) is 25.1 Å². The van der Waals surface area contributed by atoms with Crippen molar-refractivity contribution in [1.29, 1.82) is 5.26 Å². The smallest absolute Gasteiger partial charge is 0.416 e. The number of rotatable bonds is 5. The van der Waals surface area contributed by atoms with Crippen LogP contribution in [0.3, 0.4) is 0 Å². The average molecular weight is 352 g/mol. The van der Waals surface area contributed by atoms with E-state index in [4.69, 9.17) is 10.4 Å². The first-order valence-electron chi connectivity index (χ1n) is 5.88. The monoisotopic (exact) mass is 352 g/mol. The van der Waals surface area contributed by atoms with E-state index in [0.717, 1.165) is 6.92 Å². The van der Waals surface area contributed by atoms with Gasteiger partial charge in [0.25, 0.3) is 0 Å². The molecule has 0 amide bonds. The van der Waals surface area contributed by atoms with E-state index in [1.165, 1.54) is 6.07 Å². The van der Waals surface area contributed by atoms with Crippen molar-refractivity contribution >= 4 is 16.0 Å². The summed E-state index contributed by atoms with van der Waals surface area (Å²) >= 11 is 0. The fourth-order valence-corrected chi connectivity index (χ4v) is 2.68. The highest BCUT2D eigenvalue weighted by molar-refractivity contribution is 7.89. The molecule has 0 fully saturated rings. The third-order valence-electron chi connectivity index (χ3n) is 2.78. The second-order valence-electron chi connectivity index (χ2n) is 4.72. The molecule has 0 aliphatic rings. The third-order valence-corrected chi connectivity index (χ3v) is 4.24. The molecule has 23 heavy (non-hydrogen) atoms. The number of aliphatic carboxylic acids is 1. The van der Waals surface area contributed by atoms with Crippen molar-refractivity contribution < 1.29 is 36.6 Å². The van der Waals surface area contributed by atoms with Gasteiger partial charge < -0.3 is 10.2 Å². The number of sulfonamides is 1. The van der Waals surface area contributed by atoms with Crippen molar-refractivity contribution in [2.75, 3.05) is 6.54 Å². The molecule has 0 heterocycles. The van der Waals surface area contributed by atoms with E-state index in [9.17, 15) is 31.5 Å². The van der Waals surface area contributed by atoms with Gasteiger partial charge in [-0.1, -0.05) is 0 Å². The molecule has 1 aromatic rings. The van der Waals surface area contributed by atoms with Gasteiger partial charge in [0, 0.05) is 0 Å². The van der Waals surface area contributed by atoms with Gasteiger partial charge in [0.15, 0.2) is 5.60 Å². The van der Waals surface area contributed by atoms with E-state index in [2.05, 4.69) is 0 Å². The number of hydrogen-bond donors (Lipinski definition) is 3. The Morgan fingerprint density at radius 1 is 1.39 bits per heavy atom. The Kier molecular flexibility index (Phi) is 5.05. The molecule has 1 unspecified atom stereocenters. The number of carboxylic acids is 1. The Hall–Kier alpha value is -2.16. The maximum Gasteiger partial charge on any atom is 0.416 e. The fourth-order valence-electron chi connectivity index (χ4n) is 1.42. The maximum atomic E-state index is 12.6. The van der Waals surface area contributed by atoms with Crippen LogP contribution in [0, 0.1) is 11.3 Å². The molecule has 126 valence electrons. The molecule has 0 saturated carbocycles. The second kappa shape index (κ2) is 6.15. The van der Waals surface area contributed by atoms with Gasteiger partial charge in [-0.25, -0.2) is 17.9 Å². The molecule has 0 bridgehead atoms. The summed E-state index contributed by atoms with van der Waals surface area (Å²) in [4.78, 5) is 9.94. The van der Waals surface area contributed by atoms with Crippen LogP contribution in [-0.4, -0.2) is 36.7 Å². The molecular formula is C12H11F3N2O5S. The summed E-state index contributed by atoms with van der Waals surface area (Å²) in [6.07, 6.45) is -4.76. The van der Waals surface area contributed by atoms with Crippen LogP contribution in [0.1, 0.15) is 18.1 Å². The van der Waals surface area contributed by atoms with Crippen LogP contribution in [0.5, 0.6) is 0 Å². The Bertz CT molecular complexity index is 766. The zero-order valence-corrected chi connectivity index (χ0v) is 12.4. The van der Waals surface area contributed by atoms with Crippen molar-refractivity contribution in [2.24, 2.45) is 0 Å². The van der Waals surface area contributed by atoms with E-state index in [0.29, 0.717) is 18.2 Å². The number of aliphatic hydroxyl groups is 1. The molecule has 3 N–H and O–H groups in total. The van der Waals surface area contributed by atoms with E-state index < -0.39 is 50.3 Å². The number of nitriles is 1. The number of carboxylic acid groups (broad SMARTS) is 1. The van der Waals surface area contributed by atoms with E-state index in [-0.39, 0.29) is 0 Å². The highest BCUT2D eigenvalue weighted by atomic mass is 32.2. The molecule has 1 atom stereocenters. The van der Waals surface area contributed by atoms with Gasteiger partial charge in [0.1, 0.15) is 6.07 Å². The lowest BCUT2D eigenvalue weighted by atomic mass is 10.1. The third kappa shape index (κ3) is 4.41. The number of hydrogen-bond acceptors (Lipinski definition) is 5. The number of halogens is 3. The molecular weight excluding hydrogens is 341 g/mol. The van der Waals surface area contributed by atoms with Crippen molar-refractivity contribution in [1.82, 2.24) is 4.72 Å². The molecule has 1 aromatic carbocycles. The summed E-state index contributed by atoms with van der Waals surface area (Å²) in [6.45, 7) is -0.105. The number of benzene rings is 1. The largest absolute Gasteiger partial charge is 0.479 e. The minimum atomic E-state index is -4.76. The molecule has 7 nitrogen and oxygen atoms in total. The highest BCUT2D eigenvalue weighted by Gasteiger charge is 2.34. The minimum absolute atomic E-state index is 0.365. The second-order valence-corrected chi connectivity index (χ2v) is 6.46. The van der Waals surface area contributed by atoms with E-state index in [1.807, 2.05) is 0 Å². The lowest BCUT2D eigenvalue weighted by Gasteiger charge is -2.18. The number of alkyl halides is 3. The number of nitrogens with one attached hydrogen (secondary N) is 1. The summed E-state index contributed by atoms with van der Waals surface area (Å²) in [6, 6.07) is 2.76. The quantitative estimate of drug-likeness (QED) is 0.715. The van der Waals surface area contributed by atoms with E-state index >= 15 is 0 Å². The normalized spacial score (nSPS) is 14.8. The van der Waals surface area contributed by atoms with Crippen LogP contribution in [-0.2, 0) is 21.0 Å². The van der Waals surface area contributed by atoms with Gasteiger partial charge >= 0.3 is 12.1 Å². The summed E-state index contributed by atoms with van der Waals surface area (Å²) < 4.78 is 63.4. The first-order valence-corrected chi connectivity index (χ1v) is 7.36. The Balaban J connectivity index is 3.20. The standard InChI is InChI=1S/C12H11F3N2O5S/c1-11(20,10(18)19)6-17-23(21,22)9-3-2-8(12(13,14)15)4-7(9)5-16/h2-4,17,20H,6H2,1H3,(H,18,19). The van der Waals surface area contributed by atoms with Crippen LogP contribution >= 0.6 is 0 Å². The predicted molar refractivity (Wildman–Crippen MR) is 69.6 cm³/mol. The van der Waals surface area contributed by atoms with Gasteiger partial charge in [-0.3, -0.25) is 0 Å². The molecule has 0 aliphatic heterocycles. The highest BCUT2D eigenvalue weighted by Crippen LogP contribution is 2.31. The van der Waals surface area contributed by atoms with Crippen LogP contribution in [0.4, 0.5) is 13.2 Å². The van der Waals surface area contributed by atoms with Gasteiger partial charge in [-0.2, -0.15) is 18.4 Å². The Morgan fingerprint density at radius 3 is 2.39 bits per heavy atom.